The fourth-order valence-electron chi connectivity index (χ4n) is 1.99. The Bertz CT molecular complexity index is 423. The number of β-amino-alcohol motifs (C(OH)–C–C–N with tert-alkyl or cyclic N) is 1. The highest BCUT2D eigenvalue weighted by Crippen LogP contribution is 2.28. The number of aromatic nitrogens is 1. The maximum atomic E-state index is 11.5. The summed E-state index contributed by atoms with van der Waals surface area (Å²) >= 11 is 1.31. The minimum Gasteiger partial charge on any atom is -0.461 e. The van der Waals surface area contributed by atoms with Gasteiger partial charge in [0.15, 0.2) is 10.8 Å². The molecule has 0 unspecified atom stereocenters. The minimum atomic E-state index is -0.461. The summed E-state index contributed by atoms with van der Waals surface area (Å²) in [5.41, 5.74) is 0.273. The van der Waals surface area contributed by atoms with Crippen molar-refractivity contribution in [1.29, 1.82) is 0 Å². The Kier molecular flexibility index (Phi) is 4.15. The molecule has 2 rings (SSSR count). The lowest BCUT2D eigenvalue weighted by atomic mass is 10.2. The summed E-state index contributed by atoms with van der Waals surface area (Å²) in [7, 11) is 0. The number of esters is 1. The molecule has 0 spiro atoms. The molecule has 0 aliphatic carbocycles. The molecule has 2 atom stereocenters. The first-order chi connectivity index (χ1) is 8.65. The van der Waals surface area contributed by atoms with E-state index in [2.05, 4.69) is 4.98 Å². The molecule has 1 aliphatic rings. The van der Waals surface area contributed by atoms with E-state index in [4.69, 9.17) is 4.74 Å². The van der Waals surface area contributed by atoms with Gasteiger partial charge in [0.05, 0.1) is 25.4 Å². The molecular formula is C11H16N2O4S. The van der Waals surface area contributed by atoms with Crippen LogP contribution < -0.4 is 4.90 Å². The van der Waals surface area contributed by atoms with Gasteiger partial charge in [-0.25, -0.2) is 9.78 Å². The second-order valence-corrected chi connectivity index (χ2v) is 4.95. The lowest BCUT2D eigenvalue weighted by Gasteiger charge is -2.21. The number of aliphatic hydroxyl groups excluding tert-OH is 2. The van der Waals surface area contributed by atoms with Crippen LogP contribution in [0.4, 0.5) is 5.13 Å². The van der Waals surface area contributed by atoms with Gasteiger partial charge in [-0.1, -0.05) is 0 Å². The van der Waals surface area contributed by atoms with Crippen LogP contribution in [-0.2, 0) is 4.74 Å². The molecule has 1 aliphatic heterocycles. The lowest BCUT2D eigenvalue weighted by molar-refractivity contribution is 0.0520. The smallest absolute Gasteiger partial charge is 0.357 e. The highest BCUT2D eigenvalue weighted by molar-refractivity contribution is 7.13. The van der Waals surface area contributed by atoms with Crippen LogP contribution in [0.25, 0.3) is 0 Å². The Hall–Kier alpha value is -1.18. The topological polar surface area (TPSA) is 82.9 Å². The molecule has 2 N–H and O–H groups in total. The van der Waals surface area contributed by atoms with E-state index in [-0.39, 0.29) is 18.3 Å². The highest BCUT2D eigenvalue weighted by Gasteiger charge is 2.32. The van der Waals surface area contributed by atoms with E-state index in [1.165, 1.54) is 11.3 Å². The summed E-state index contributed by atoms with van der Waals surface area (Å²) in [5, 5.41) is 21.1. The van der Waals surface area contributed by atoms with E-state index in [9.17, 15) is 15.0 Å². The molecule has 6 nitrogen and oxygen atoms in total. The van der Waals surface area contributed by atoms with Crippen LogP contribution in [0.5, 0.6) is 0 Å². The van der Waals surface area contributed by atoms with Crippen LogP contribution in [-0.4, -0.2) is 53.1 Å². The number of thiazole rings is 1. The van der Waals surface area contributed by atoms with Crippen LogP contribution in [0.3, 0.4) is 0 Å². The Morgan fingerprint density at radius 1 is 1.72 bits per heavy atom. The van der Waals surface area contributed by atoms with Gasteiger partial charge in [0, 0.05) is 11.9 Å². The molecule has 0 saturated carbocycles. The molecule has 0 amide bonds. The van der Waals surface area contributed by atoms with Crippen LogP contribution in [0.15, 0.2) is 5.38 Å². The van der Waals surface area contributed by atoms with E-state index in [0.717, 1.165) is 0 Å². The molecule has 1 fully saturated rings. The summed E-state index contributed by atoms with van der Waals surface area (Å²) in [5.74, 6) is -0.444. The third-order valence-electron chi connectivity index (χ3n) is 2.83. The van der Waals surface area contributed by atoms with Gasteiger partial charge in [0.25, 0.3) is 0 Å². The van der Waals surface area contributed by atoms with E-state index >= 15 is 0 Å². The number of aliphatic hydroxyl groups is 2. The van der Waals surface area contributed by atoms with E-state index < -0.39 is 12.1 Å². The minimum absolute atomic E-state index is 0.0363. The van der Waals surface area contributed by atoms with Crippen LogP contribution in [0, 0.1) is 0 Å². The number of anilines is 1. The van der Waals surface area contributed by atoms with Gasteiger partial charge in [-0.05, 0) is 13.3 Å². The highest BCUT2D eigenvalue weighted by atomic mass is 32.1. The Morgan fingerprint density at radius 2 is 2.50 bits per heavy atom. The zero-order valence-electron chi connectivity index (χ0n) is 10.1. The second-order valence-electron chi connectivity index (χ2n) is 4.11. The largest absolute Gasteiger partial charge is 0.461 e. The predicted octanol–water partition coefficient (Wildman–Crippen LogP) is 0.252. The molecular weight excluding hydrogens is 256 g/mol. The van der Waals surface area contributed by atoms with Crippen LogP contribution in [0.2, 0.25) is 0 Å². The molecule has 2 heterocycles. The number of hydrogen-bond acceptors (Lipinski definition) is 7. The molecule has 0 bridgehead atoms. The molecule has 0 aromatic carbocycles. The van der Waals surface area contributed by atoms with Gasteiger partial charge in [0.2, 0.25) is 0 Å². The first-order valence-electron chi connectivity index (χ1n) is 5.84. The summed E-state index contributed by atoms with van der Waals surface area (Å²) in [6.45, 7) is 2.45. The van der Waals surface area contributed by atoms with Gasteiger partial charge >= 0.3 is 5.97 Å². The average molecular weight is 272 g/mol. The second kappa shape index (κ2) is 5.64. The van der Waals surface area contributed by atoms with Crippen molar-refractivity contribution in [3.05, 3.63) is 11.1 Å². The quantitative estimate of drug-likeness (QED) is 0.765. The zero-order valence-corrected chi connectivity index (χ0v) is 10.9. The Balaban J connectivity index is 2.12. The third kappa shape index (κ3) is 2.63. The van der Waals surface area contributed by atoms with Crippen molar-refractivity contribution in [3.63, 3.8) is 0 Å². The van der Waals surface area contributed by atoms with E-state index in [0.29, 0.717) is 24.7 Å². The number of carbonyl (C=O) groups excluding carboxylic acids is 1. The summed E-state index contributed by atoms with van der Waals surface area (Å²) < 4.78 is 4.87. The van der Waals surface area contributed by atoms with Crippen LogP contribution >= 0.6 is 11.3 Å². The van der Waals surface area contributed by atoms with E-state index in [1.807, 2.05) is 4.90 Å². The van der Waals surface area contributed by atoms with Gasteiger partial charge in [0.1, 0.15) is 0 Å². The molecule has 7 heteroatoms. The number of hydrogen-bond donors (Lipinski definition) is 2. The maximum absolute atomic E-state index is 11.5. The summed E-state index contributed by atoms with van der Waals surface area (Å²) in [6, 6.07) is -0.138. The average Bonchev–Trinajstić information content (AvgIpc) is 2.95. The first kappa shape index (κ1) is 13.3. The third-order valence-corrected chi connectivity index (χ3v) is 3.70. The normalized spacial score (nSPS) is 23.4. The van der Waals surface area contributed by atoms with Crippen molar-refractivity contribution in [2.45, 2.75) is 25.5 Å². The SMILES string of the molecule is CCOC(=O)c1csc(N2C[C@@H](O)C[C@@H]2CO)n1. The molecule has 18 heavy (non-hydrogen) atoms. The molecule has 1 saturated heterocycles. The first-order valence-corrected chi connectivity index (χ1v) is 6.71. The number of nitrogens with zero attached hydrogens (tertiary/aromatic N) is 2. The standard InChI is InChI=1S/C11H16N2O4S/c1-2-17-10(16)9-6-18-11(12-9)13-4-8(15)3-7(13)5-14/h6-8,14-15H,2-5H2,1H3/t7-,8+/m1/s1. The number of ether oxygens (including phenoxy) is 1. The van der Waals surface area contributed by atoms with E-state index in [1.54, 1.807) is 12.3 Å². The van der Waals surface area contributed by atoms with Crippen molar-refractivity contribution in [3.8, 4) is 0 Å². The summed E-state index contributed by atoms with van der Waals surface area (Å²) in [4.78, 5) is 17.5. The van der Waals surface area contributed by atoms with Gasteiger partial charge in [-0.2, -0.15) is 0 Å². The predicted molar refractivity (Wildman–Crippen MR) is 66.9 cm³/mol. The molecule has 1 aromatic rings. The zero-order chi connectivity index (χ0) is 13.1. The van der Waals surface area contributed by atoms with Crippen molar-refractivity contribution in [2.24, 2.45) is 0 Å². The fraction of sp³-hybridized carbons (Fsp3) is 0.636. The van der Waals surface area contributed by atoms with Crippen LogP contribution in [0.1, 0.15) is 23.8 Å². The molecule has 100 valence electrons. The van der Waals surface area contributed by atoms with Crippen molar-refractivity contribution < 1.29 is 19.7 Å². The molecule has 1 aromatic heterocycles. The fourth-order valence-corrected chi connectivity index (χ4v) is 2.87. The Morgan fingerprint density at radius 3 is 3.17 bits per heavy atom. The van der Waals surface area contributed by atoms with Gasteiger partial charge in [-0.15, -0.1) is 11.3 Å². The van der Waals surface area contributed by atoms with Crippen molar-refractivity contribution in [1.82, 2.24) is 4.98 Å². The number of rotatable bonds is 4. The van der Waals surface area contributed by atoms with Gasteiger partial charge < -0.3 is 19.8 Å². The molecule has 0 radical (unpaired) electrons. The van der Waals surface area contributed by atoms with Crippen molar-refractivity contribution in [2.75, 3.05) is 24.7 Å². The number of carbonyl (C=O) groups is 1. The maximum Gasteiger partial charge on any atom is 0.357 e. The van der Waals surface area contributed by atoms with Gasteiger partial charge in [-0.3, -0.25) is 0 Å². The summed E-state index contributed by atoms with van der Waals surface area (Å²) in [6.07, 6.45) is 0.0576. The monoisotopic (exact) mass is 272 g/mol. The Labute approximate surface area is 109 Å². The van der Waals surface area contributed by atoms with Crippen molar-refractivity contribution >= 4 is 22.4 Å². The lowest BCUT2D eigenvalue weighted by Crippen LogP contribution is -2.32.